The number of nitrogens with one attached hydrogen (secondary N) is 1. The van der Waals surface area contributed by atoms with Crippen molar-refractivity contribution in [3.63, 3.8) is 0 Å². The maximum absolute atomic E-state index is 12.0. The molecule has 0 aliphatic heterocycles. The first-order chi connectivity index (χ1) is 10.5. The number of carbonyl (C=O) groups is 1. The van der Waals surface area contributed by atoms with E-state index in [4.69, 9.17) is 11.6 Å². The number of carbonyl (C=O) groups excluding carboxylic acids is 1. The zero-order valence-corrected chi connectivity index (χ0v) is 12.0. The number of halogens is 1. The van der Waals surface area contributed by atoms with Crippen LogP contribution in [0.3, 0.4) is 0 Å². The summed E-state index contributed by atoms with van der Waals surface area (Å²) in [5.74, 6) is -0.558. The summed E-state index contributed by atoms with van der Waals surface area (Å²) in [7, 11) is 0. The Morgan fingerprint density at radius 2 is 2.18 bits per heavy atom. The van der Waals surface area contributed by atoms with E-state index in [1.54, 1.807) is 0 Å². The number of aromatic nitrogens is 2. The summed E-state index contributed by atoms with van der Waals surface area (Å²) in [5, 5.41) is 17.2. The van der Waals surface area contributed by atoms with Crippen LogP contribution in [0.25, 0.3) is 0 Å². The van der Waals surface area contributed by atoms with Crippen molar-refractivity contribution in [2.24, 2.45) is 0 Å². The standard InChI is InChI=1S/C13H11ClN4O4/c14-11-4-3-9(18(21)22)8-10(11)13(20)15-6-7-17-12(19)2-1-5-16-17/h1-5,8H,6-7H2,(H,15,20). The van der Waals surface area contributed by atoms with Crippen molar-refractivity contribution in [2.45, 2.75) is 6.54 Å². The Hall–Kier alpha value is -2.74. The predicted octanol–water partition coefficient (Wildman–Crippen LogP) is 1.23. The molecule has 0 radical (unpaired) electrons. The molecule has 9 heteroatoms. The molecule has 0 saturated heterocycles. The van der Waals surface area contributed by atoms with E-state index in [2.05, 4.69) is 10.4 Å². The number of hydrogen-bond acceptors (Lipinski definition) is 5. The van der Waals surface area contributed by atoms with Crippen LogP contribution < -0.4 is 10.9 Å². The molecule has 0 spiro atoms. The molecule has 0 fully saturated rings. The molecule has 1 heterocycles. The van der Waals surface area contributed by atoms with Crippen LogP contribution in [0.1, 0.15) is 10.4 Å². The van der Waals surface area contributed by atoms with Crippen molar-refractivity contribution in [1.82, 2.24) is 15.1 Å². The van der Waals surface area contributed by atoms with Crippen LogP contribution in [0.4, 0.5) is 5.69 Å². The molecule has 22 heavy (non-hydrogen) atoms. The number of nitro groups is 1. The summed E-state index contributed by atoms with van der Waals surface area (Å²) in [6.45, 7) is 0.312. The predicted molar refractivity (Wildman–Crippen MR) is 78.9 cm³/mol. The fourth-order valence-corrected chi connectivity index (χ4v) is 1.93. The largest absolute Gasteiger partial charge is 0.350 e. The smallest absolute Gasteiger partial charge is 0.270 e. The van der Waals surface area contributed by atoms with Crippen LogP contribution >= 0.6 is 11.6 Å². The third kappa shape index (κ3) is 3.67. The first-order valence-electron chi connectivity index (χ1n) is 6.23. The number of hydrogen-bond donors (Lipinski definition) is 1. The first kappa shape index (κ1) is 15.6. The van der Waals surface area contributed by atoms with Gasteiger partial charge < -0.3 is 5.32 Å². The van der Waals surface area contributed by atoms with E-state index >= 15 is 0 Å². The van der Waals surface area contributed by atoms with E-state index in [0.29, 0.717) is 0 Å². The lowest BCUT2D eigenvalue weighted by molar-refractivity contribution is -0.384. The van der Waals surface area contributed by atoms with Crippen LogP contribution in [-0.4, -0.2) is 27.2 Å². The third-order valence-electron chi connectivity index (χ3n) is 2.80. The Morgan fingerprint density at radius 3 is 2.86 bits per heavy atom. The lowest BCUT2D eigenvalue weighted by Gasteiger charge is -2.07. The lowest BCUT2D eigenvalue weighted by Crippen LogP contribution is -2.31. The van der Waals surface area contributed by atoms with Crippen molar-refractivity contribution in [1.29, 1.82) is 0 Å². The van der Waals surface area contributed by atoms with Crippen LogP contribution in [0.15, 0.2) is 41.3 Å². The summed E-state index contributed by atoms with van der Waals surface area (Å²) >= 11 is 5.87. The highest BCUT2D eigenvalue weighted by Gasteiger charge is 2.15. The molecular formula is C13H11ClN4O4. The summed E-state index contributed by atoms with van der Waals surface area (Å²) in [6, 6.07) is 6.47. The molecule has 1 aromatic carbocycles. The normalized spacial score (nSPS) is 10.2. The minimum absolute atomic E-state index is 0.00392. The van der Waals surface area contributed by atoms with Crippen molar-refractivity contribution < 1.29 is 9.72 Å². The van der Waals surface area contributed by atoms with Crippen LogP contribution in [0.2, 0.25) is 5.02 Å². The number of non-ortho nitro benzene ring substituents is 1. The highest BCUT2D eigenvalue weighted by molar-refractivity contribution is 6.33. The molecule has 1 aromatic heterocycles. The monoisotopic (exact) mass is 322 g/mol. The van der Waals surface area contributed by atoms with Gasteiger partial charge in [-0.2, -0.15) is 5.10 Å². The van der Waals surface area contributed by atoms with E-state index in [1.807, 2.05) is 0 Å². The van der Waals surface area contributed by atoms with Crippen LogP contribution in [-0.2, 0) is 6.54 Å². The molecule has 0 saturated carbocycles. The highest BCUT2D eigenvalue weighted by atomic mass is 35.5. The molecule has 0 aliphatic carbocycles. The molecule has 0 atom stereocenters. The van der Waals surface area contributed by atoms with Gasteiger partial charge in [0.25, 0.3) is 17.2 Å². The van der Waals surface area contributed by atoms with Crippen molar-refractivity contribution >= 4 is 23.2 Å². The summed E-state index contributed by atoms with van der Waals surface area (Å²) in [5.41, 5.74) is -0.509. The topological polar surface area (TPSA) is 107 Å². The number of nitro benzene ring substituents is 1. The van der Waals surface area contributed by atoms with Gasteiger partial charge >= 0.3 is 0 Å². The Morgan fingerprint density at radius 1 is 1.41 bits per heavy atom. The summed E-state index contributed by atoms with van der Waals surface area (Å²) in [4.78, 5) is 33.5. The maximum Gasteiger partial charge on any atom is 0.270 e. The average Bonchev–Trinajstić information content (AvgIpc) is 2.49. The van der Waals surface area contributed by atoms with E-state index in [1.165, 1.54) is 35.1 Å². The van der Waals surface area contributed by atoms with E-state index in [0.717, 1.165) is 6.07 Å². The minimum Gasteiger partial charge on any atom is -0.350 e. The third-order valence-corrected chi connectivity index (χ3v) is 3.13. The van der Waals surface area contributed by atoms with E-state index in [9.17, 15) is 19.7 Å². The van der Waals surface area contributed by atoms with Crippen LogP contribution in [0, 0.1) is 10.1 Å². The minimum atomic E-state index is -0.611. The zero-order chi connectivity index (χ0) is 16.1. The molecule has 114 valence electrons. The fourth-order valence-electron chi connectivity index (χ4n) is 1.73. The second-order valence-electron chi connectivity index (χ2n) is 4.26. The van der Waals surface area contributed by atoms with Gasteiger partial charge in [-0.1, -0.05) is 11.6 Å². The van der Waals surface area contributed by atoms with Gasteiger partial charge in [0.05, 0.1) is 22.1 Å². The molecule has 0 unspecified atom stereocenters. The van der Waals surface area contributed by atoms with Gasteiger partial charge in [0, 0.05) is 30.9 Å². The Balaban J connectivity index is 2.04. The molecule has 1 N–H and O–H groups in total. The molecule has 0 aliphatic rings. The zero-order valence-electron chi connectivity index (χ0n) is 11.2. The number of rotatable bonds is 5. The van der Waals surface area contributed by atoms with Crippen molar-refractivity contribution in [2.75, 3.05) is 6.54 Å². The van der Waals surface area contributed by atoms with Gasteiger partial charge in [-0.15, -0.1) is 0 Å². The SMILES string of the molecule is O=C(NCCn1ncccc1=O)c1cc([N+](=O)[O-])ccc1Cl. The lowest BCUT2D eigenvalue weighted by atomic mass is 10.2. The summed E-state index contributed by atoms with van der Waals surface area (Å²) < 4.78 is 1.19. The van der Waals surface area contributed by atoms with Crippen molar-refractivity contribution in [3.8, 4) is 0 Å². The second kappa shape index (κ2) is 6.81. The van der Waals surface area contributed by atoms with Gasteiger partial charge in [-0.05, 0) is 12.1 Å². The van der Waals surface area contributed by atoms with Crippen molar-refractivity contribution in [3.05, 3.63) is 67.6 Å². The maximum atomic E-state index is 12.0. The molecule has 0 bridgehead atoms. The van der Waals surface area contributed by atoms with E-state index < -0.39 is 10.8 Å². The van der Waals surface area contributed by atoms with Gasteiger partial charge in [0.15, 0.2) is 0 Å². The summed E-state index contributed by atoms with van der Waals surface area (Å²) in [6.07, 6.45) is 1.46. The number of nitrogens with zero attached hydrogens (tertiary/aromatic N) is 3. The van der Waals surface area contributed by atoms with Gasteiger partial charge in [-0.25, -0.2) is 4.68 Å². The molecule has 2 rings (SSSR count). The molecule has 8 nitrogen and oxygen atoms in total. The molecule has 2 aromatic rings. The second-order valence-corrected chi connectivity index (χ2v) is 4.67. The Labute approximate surface area is 129 Å². The number of benzene rings is 1. The Kier molecular flexibility index (Phi) is 4.84. The Bertz CT molecular complexity index is 775. The fraction of sp³-hybridized carbons (Fsp3) is 0.154. The highest BCUT2D eigenvalue weighted by Crippen LogP contribution is 2.21. The number of amides is 1. The van der Waals surface area contributed by atoms with Gasteiger partial charge in [0.1, 0.15) is 0 Å². The average molecular weight is 323 g/mol. The van der Waals surface area contributed by atoms with Gasteiger partial charge in [-0.3, -0.25) is 19.7 Å². The first-order valence-corrected chi connectivity index (χ1v) is 6.61. The van der Waals surface area contributed by atoms with Crippen LogP contribution in [0.5, 0.6) is 0 Å². The molecule has 1 amide bonds. The quantitative estimate of drug-likeness (QED) is 0.658. The van der Waals surface area contributed by atoms with Gasteiger partial charge in [0.2, 0.25) is 0 Å². The van der Waals surface area contributed by atoms with E-state index in [-0.39, 0.29) is 34.9 Å². The molecular weight excluding hydrogens is 312 g/mol.